The summed E-state index contributed by atoms with van der Waals surface area (Å²) in [4.78, 5) is 15.1. The van der Waals surface area contributed by atoms with Crippen molar-refractivity contribution >= 4 is 23.1 Å². The Bertz CT molecular complexity index is 745. The number of benzene rings is 1. The number of carbonyl (C=O) groups is 1. The molecule has 0 aliphatic heterocycles. The monoisotopic (exact) mass is 301 g/mol. The number of hydrogen-bond donors (Lipinski definition) is 1. The fourth-order valence-electron chi connectivity index (χ4n) is 2.14. The molecule has 1 aromatic heterocycles. The molecule has 1 aliphatic carbocycles. The first-order valence-electron chi connectivity index (χ1n) is 6.47. The molecule has 3 rings (SSSR count). The Morgan fingerprint density at radius 1 is 1.43 bits per heavy atom. The van der Waals surface area contributed by atoms with E-state index in [1.165, 1.54) is 0 Å². The first-order valence-corrected chi connectivity index (χ1v) is 6.84. The Hall–Kier alpha value is -2.33. The maximum Gasteiger partial charge on any atom is 0.310 e. The van der Waals surface area contributed by atoms with Gasteiger partial charge in [0.25, 0.3) is 0 Å². The van der Waals surface area contributed by atoms with Gasteiger partial charge in [-0.15, -0.1) is 0 Å². The van der Waals surface area contributed by atoms with E-state index in [1.54, 1.807) is 30.5 Å². The van der Waals surface area contributed by atoms with E-state index < -0.39 is 11.9 Å². The zero-order chi connectivity index (χ0) is 14.8. The van der Waals surface area contributed by atoms with Crippen molar-refractivity contribution in [3.63, 3.8) is 0 Å². The average molecular weight is 302 g/mol. The van der Waals surface area contributed by atoms with Crippen LogP contribution in [0.3, 0.4) is 0 Å². The van der Waals surface area contributed by atoms with E-state index in [4.69, 9.17) is 21.1 Å². The van der Waals surface area contributed by atoms with Gasteiger partial charge in [0.05, 0.1) is 12.1 Å². The van der Waals surface area contributed by atoms with Crippen LogP contribution in [0.2, 0.25) is 5.02 Å². The molecule has 106 valence electrons. The van der Waals surface area contributed by atoms with Crippen molar-refractivity contribution in [2.75, 3.05) is 0 Å². The van der Waals surface area contributed by atoms with Gasteiger partial charge in [-0.1, -0.05) is 42.0 Å². The normalized spacial score (nSPS) is 17.6. The molecule has 1 aromatic carbocycles. The largest absolute Gasteiger partial charge is 0.481 e. The van der Waals surface area contributed by atoms with E-state index in [-0.39, 0.29) is 0 Å². The van der Waals surface area contributed by atoms with Crippen LogP contribution >= 0.6 is 11.6 Å². The molecule has 1 heterocycles. The van der Waals surface area contributed by atoms with Crippen LogP contribution in [-0.4, -0.2) is 16.1 Å². The van der Waals surface area contributed by atoms with Crippen LogP contribution in [0.15, 0.2) is 53.1 Å². The number of carboxylic acids is 1. The summed E-state index contributed by atoms with van der Waals surface area (Å²) >= 11 is 5.96. The average Bonchev–Trinajstić information content (AvgIpc) is 2.97. The number of halogens is 1. The van der Waals surface area contributed by atoms with Crippen molar-refractivity contribution in [3.8, 4) is 11.3 Å². The predicted octanol–water partition coefficient (Wildman–Crippen LogP) is 4.04. The minimum atomic E-state index is -0.825. The van der Waals surface area contributed by atoms with Crippen molar-refractivity contribution in [1.29, 1.82) is 0 Å². The van der Waals surface area contributed by atoms with Gasteiger partial charge in [0.1, 0.15) is 0 Å². The van der Waals surface area contributed by atoms with Gasteiger partial charge in [0.2, 0.25) is 5.89 Å². The molecule has 1 aliphatic rings. The highest BCUT2D eigenvalue weighted by Gasteiger charge is 2.18. The van der Waals surface area contributed by atoms with Crippen molar-refractivity contribution < 1.29 is 14.3 Å². The number of aromatic nitrogens is 1. The van der Waals surface area contributed by atoms with Gasteiger partial charge in [0.15, 0.2) is 5.76 Å². The van der Waals surface area contributed by atoms with Crippen molar-refractivity contribution in [3.05, 3.63) is 59.6 Å². The molecular weight excluding hydrogens is 290 g/mol. The smallest absolute Gasteiger partial charge is 0.310 e. The minimum absolute atomic E-state index is 0.441. The summed E-state index contributed by atoms with van der Waals surface area (Å²) in [7, 11) is 0. The van der Waals surface area contributed by atoms with Crippen LogP contribution in [0.1, 0.15) is 12.3 Å². The fraction of sp³-hybridized carbons (Fsp3) is 0.125. The van der Waals surface area contributed by atoms with Gasteiger partial charge in [-0.25, -0.2) is 4.98 Å². The molecule has 0 fully saturated rings. The summed E-state index contributed by atoms with van der Waals surface area (Å²) in [5.74, 6) is -0.197. The number of aliphatic carboxylic acids is 1. The fourth-order valence-corrected chi connectivity index (χ4v) is 2.34. The summed E-state index contributed by atoms with van der Waals surface area (Å²) in [6.45, 7) is 0. The number of rotatable bonds is 3. The standard InChI is InChI=1S/C16H12ClNO3/c17-13-3-1-2-12(8-13)14-9-18-15(21-14)10-4-6-11(7-5-10)16(19)20/h1-6,8-9,11H,7H2,(H,19,20). The number of allylic oxidation sites excluding steroid dienone is 3. The molecule has 0 radical (unpaired) electrons. The molecule has 0 spiro atoms. The Balaban J connectivity index is 1.83. The maximum atomic E-state index is 10.9. The molecule has 1 unspecified atom stereocenters. The second-order valence-corrected chi connectivity index (χ2v) is 5.18. The SMILES string of the molecule is O=C(O)C1C=CC(c2ncc(-c3cccc(Cl)c3)o2)=CC1. The van der Waals surface area contributed by atoms with E-state index >= 15 is 0 Å². The van der Waals surface area contributed by atoms with Crippen LogP contribution in [0.25, 0.3) is 16.9 Å². The number of oxazole rings is 1. The third-order valence-corrected chi connectivity index (χ3v) is 3.51. The van der Waals surface area contributed by atoms with Crippen LogP contribution in [-0.2, 0) is 4.79 Å². The summed E-state index contributed by atoms with van der Waals surface area (Å²) in [5, 5.41) is 9.57. The van der Waals surface area contributed by atoms with Gasteiger partial charge in [-0.2, -0.15) is 0 Å². The molecule has 0 saturated heterocycles. The molecule has 1 N–H and O–H groups in total. The lowest BCUT2D eigenvalue weighted by Crippen LogP contribution is -2.11. The Morgan fingerprint density at radius 3 is 2.95 bits per heavy atom. The minimum Gasteiger partial charge on any atom is -0.481 e. The highest BCUT2D eigenvalue weighted by molar-refractivity contribution is 6.30. The second kappa shape index (κ2) is 5.58. The highest BCUT2D eigenvalue weighted by atomic mass is 35.5. The molecule has 1 atom stereocenters. The lowest BCUT2D eigenvalue weighted by atomic mass is 9.97. The lowest BCUT2D eigenvalue weighted by Gasteiger charge is -2.09. The second-order valence-electron chi connectivity index (χ2n) is 4.74. The van der Waals surface area contributed by atoms with E-state index in [9.17, 15) is 4.79 Å². The van der Waals surface area contributed by atoms with Crippen molar-refractivity contribution in [2.24, 2.45) is 5.92 Å². The highest BCUT2D eigenvalue weighted by Crippen LogP contribution is 2.28. The Morgan fingerprint density at radius 2 is 2.29 bits per heavy atom. The third-order valence-electron chi connectivity index (χ3n) is 3.28. The molecule has 0 bridgehead atoms. The van der Waals surface area contributed by atoms with Crippen LogP contribution in [0.4, 0.5) is 0 Å². The summed E-state index contributed by atoms with van der Waals surface area (Å²) in [6.07, 6.45) is 7.29. The predicted molar refractivity (Wildman–Crippen MR) is 79.8 cm³/mol. The van der Waals surface area contributed by atoms with E-state index in [0.29, 0.717) is 23.1 Å². The first kappa shape index (κ1) is 13.6. The molecule has 2 aromatic rings. The van der Waals surface area contributed by atoms with Gasteiger partial charge in [0, 0.05) is 16.2 Å². The summed E-state index contributed by atoms with van der Waals surface area (Å²) in [6, 6.07) is 7.33. The molecule has 21 heavy (non-hydrogen) atoms. The zero-order valence-electron chi connectivity index (χ0n) is 11.0. The topological polar surface area (TPSA) is 63.3 Å². The molecule has 0 saturated carbocycles. The first-order chi connectivity index (χ1) is 10.1. The Kier molecular flexibility index (Phi) is 3.62. The zero-order valence-corrected chi connectivity index (χ0v) is 11.7. The molecule has 5 heteroatoms. The number of nitrogens with zero attached hydrogens (tertiary/aromatic N) is 1. The summed E-state index contributed by atoms with van der Waals surface area (Å²) < 4.78 is 5.72. The van der Waals surface area contributed by atoms with Crippen molar-refractivity contribution in [2.45, 2.75) is 6.42 Å². The van der Waals surface area contributed by atoms with E-state index in [2.05, 4.69) is 4.98 Å². The summed E-state index contributed by atoms with van der Waals surface area (Å²) in [5.41, 5.74) is 1.64. The lowest BCUT2D eigenvalue weighted by molar-refractivity contribution is -0.139. The van der Waals surface area contributed by atoms with Crippen LogP contribution in [0.5, 0.6) is 0 Å². The Labute approximate surface area is 126 Å². The van der Waals surface area contributed by atoms with Crippen LogP contribution < -0.4 is 0 Å². The quantitative estimate of drug-likeness (QED) is 0.929. The van der Waals surface area contributed by atoms with Gasteiger partial charge in [-0.3, -0.25) is 4.79 Å². The van der Waals surface area contributed by atoms with Gasteiger partial charge >= 0.3 is 5.97 Å². The van der Waals surface area contributed by atoms with Gasteiger partial charge < -0.3 is 9.52 Å². The maximum absolute atomic E-state index is 10.9. The van der Waals surface area contributed by atoms with E-state index in [0.717, 1.165) is 11.1 Å². The molecular formula is C16H12ClNO3. The van der Waals surface area contributed by atoms with E-state index in [1.807, 2.05) is 18.2 Å². The van der Waals surface area contributed by atoms with Gasteiger partial charge in [-0.05, 0) is 18.6 Å². The third kappa shape index (κ3) is 2.90. The molecule has 4 nitrogen and oxygen atoms in total. The van der Waals surface area contributed by atoms with Crippen LogP contribution in [0, 0.1) is 5.92 Å². The number of hydrogen-bond acceptors (Lipinski definition) is 3. The van der Waals surface area contributed by atoms with Crippen molar-refractivity contribution in [1.82, 2.24) is 4.98 Å². The molecule has 0 amide bonds. The number of carboxylic acid groups (broad SMARTS) is 1.